The van der Waals surface area contributed by atoms with Gasteiger partial charge in [0.2, 0.25) is 5.91 Å². The van der Waals surface area contributed by atoms with Crippen LogP contribution in [0, 0.1) is 0 Å². The summed E-state index contributed by atoms with van der Waals surface area (Å²) in [6, 6.07) is 4.52. The van der Waals surface area contributed by atoms with Crippen LogP contribution < -0.4 is 11.1 Å². The van der Waals surface area contributed by atoms with Crippen LogP contribution in [0.1, 0.15) is 37.0 Å². The lowest BCUT2D eigenvalue weighted by Gasteiger charge is -2.23. The summed E-state index contributed by atoms with van der Waals surface area (Å²) in [6.45, 7) is 3.60. The fourth-order valence-electron chi connectivity index (χ4n) is 1.76. The molecule has 1 atom stereocenters. The molecule has 0 aromatic heterocycles. The van der Waals surface area contributed by atoms with Gasteiger partial charge in [0.15, 0.2) is 0 Å². The number of amides is 1. The van der Waals surface area contributed by atoms with Gasteiger partial charge in [-0.15, -0.1) is 0 Å². The Morgan fingerprint density at radius 2 is 2.10 bits per heavy atom. The topological polar surface area (TPSA) is 81.4 Å². The maximum Gasteiger partial charge on any atom is 0.337 e. The molecular weight excluding hydrogens is 280 g/mol. The van der Waals surface area contributed by atoms with Crippen molar-refractivity contribution in [3.05, 3.63) is 28.8 Å². The van der Waals surface area contributed by atoms with E-state index in [0.29, 0.717) is 22.7 Å². The summed E-state index contributed by atoms with van der Waals surface area (Å²) in [4.78, 5) is 23.6. The van der Waals surface area contributed by atoms with E-state index >= 15 is 0 Å². The Labute approximate surface area is 123 Å². The van der Waals surface area contributed by atoms with Gasteiger partial charge in [0, 0.05) is 0 Å². The van der Waals surface area contributed by atoms with Crippen molar-refractivity contribution in [3.8, 4) is 0 Å². The molecule has 1 amide bonds. The number of hydrogen-bond donors (Lipinski definition) is 2. The molecule has 0 aliphatic rings. The molecule has 1 rings (SSSR count). The molecule has 1 unspecified atom stereocenters. The summed E-state index contributed by atoms with van der Waals surface area (Å²) >= 11 is 6.01. The molecule has 0 aliphatic carbocycles. The van der Waals surface area contributed by atoms with Crippen molar-refractivity contribution in [1.82, 2.24) is 0 Å². The number of hydrogen-bond acceptors (Lipinski definition) is 4. The lowest BCUT2D eigenvalue weighted by atomic mass is 9.96. The van der Waals surface area contributed by atoms with E-state index in [1.165, 1.54) is 25.3 Å². The van der Waals surface area contributed by atoms with Gasteiger partial charge in [0.25, 0.3) is 0 Å². The Bertz CT molecular complexity index is 515. The molecule has 0 saturated carbocycles. The molecule has 0 saturated heterocycles. The zero-order valence-corrected chi connectivity index (χ0v) is 12.6. The third-order valence-electron chi connectivity index (χ3n) is 2.92. The van der Waals surface area contributed by atoms with Crippen molar-refractivity contribution in [3.63, 3.8) is 0 Å². The third-order valence-corrected chi connectivity index (χ3v) is 3.25. The molecule has 3 N–H and O–H groups in total. The van der Waals surface area contributed by atoms with Crippen molar-refractivity contribution in [2.75, 3.05) is 12.4 Å². The molecule has 0 aliphatic heterocycles. The summed E-state index contributed by atoms with van der Waals surface area (Å²) in [5.41, 5.74) is 5.61. The normalized spacial score (nSPS) is 13.4. The second kappa shape index (κ2) is 6.72. The fourth-order valence-corrected chi connectivity index (χ4v) is 1.93. The Morgan fingerprint density at radius 3 is 2.65 bits per heavy atom. The monoisotopic (exact) mass is 298 g/mol. The molecule has 0 bridgehead atoms. The largest absolute Gasteiger partial charge is 0.465 e. The van der Waals surface area contributed by atoms with Gasteiger partial charge in [-0.2, -0.15) is 0 Å². The smallest absolute Gasteiger partial charge is 0.337 e. The number of anilines is 1. The van der Waals surface area contributed by atoms with Crippen LogP contribution in [0.4, 0.5) is 5.69 Å². The van der Waals surface area contributed by atoms with Crippen molar-refractivity contribution >= 4 is 29.2 Å². The molecule has 5 nitrogen and oxygen atoms in total. The highest BCUT2D eigenvalue weighted by molar-refractivity contribution is 6.34. The minimum Gasteiger partial charge on any atom is -0.465 e. The number of carbonyl (C=O) groups excluding carboxylic acids is 2. The highest BCUT2D eigenvalue weighted by Crippen LogP contribution is 2.24. The SMILES string of the molecule is CCCC(C)(N)C(=O)Nc1cc(C(=O)OC)ccc1Cl. The molecule has 0 heterocycles. The number of halogens is 1. The van der Waals surface area contributed by atoms with Crippen LogP contribution in [0.25, 0.3) is 0 Å². The average Bonchev–Trinajstić information content (AvgIpc) is 2.40. The van der Waals surface area contributed by atoms with Gasteiger partial charge in [-0.1, -0.05) is 24.9 Å². The van der Waals surface area contributed by atoms with E-state index in [9.17, 15) is 9.59 Å². The first-order valence-corrected chi connectivity index (χ1v) is 6.67. The van der Waals surface area contributed by atoms with E-state index in [2.05, 4.69) is 10.1 Å². The Kier molecular flexibility index (Phi) is 5.53. The van der Waals surface area contributed by atoms with Crippen molar-refractivity contribution in [2.24, 2.45) is 5.73 Å². The summed E-state index contributed by atoms with van der Waals surface area (Å²) in [5, 5.41) is 2.98. The van der Waals surface area contributed by atoms with Gasteiger partial charge in [-0.3, -0.25) is 4.79 Å². The molecule has 1 aromatic rings. The molecular formula is C14H19ClN2O3. The highest BCUT2D eigenvalue weighted by atomic mass is 35.5. The van der Waals surface area contributed by atoms with Crippen molar-refractivity contribution < 1.29 is 14.3 Å². The van der Waals surface area contributed by atoms with Gasteiger partial charge in [0.1, 0.15) is 0 Å². The van der Waals surface area contributed by atoms with Crippen LogP contribution >= 0.6 is 11.6 Å². The number of rotatable bonds is 5. The molecule has 1 aromatic carbocycles. The summed E-state index contributed by atoms with van der Waals surface area (Å²) in [6.07, 6.45) is 1.34. The number of esters is 1. The zero-order valence-electron chi connectivity index (χ0n) is 11.8. The Hall–Kier alpha value is -1.59. The minimum atomic E-state index is -0.987. The molecule has 0 spiro atoms. The Morgan fingerprint density at radius 1 is 1.45 bits per heavy atom. The van der Waals surface area contributed by atoms with Crippen LogP contribution in [-0.4, -0.2) is 24.5 Å². The van der Waals surface area contributed by atoms with E-state index in [1.807, 2.05) is 6.92 Å². The predicted octanol–water partition coefficient (Wildman–Crippen LogP) is 2.58. The number of nitrogens with one attached hydrogen (secondary N) is 1. The van der Waals surface area contributed by atoms with E-state index in [4.69, 9.17) is 17.3 Å². The molecule has 0 radical (unpaired) electrons. The maximum absolute atomic E-state index is 12.1. The summed E-state index contributed by atoms with van der Waals surface area (Å²) < 4.78 is 4.62. The van der Waals surface area contributed by atoms with Gasteiger partial charge >= 0.3 is 5.97 Å². The van der Waals surface area contributed by atoms with Gasteiger partial charge < -0.3 is 15.8 Å². The molecule has 0 fully saturated rings. The third kappa shape index (κ3) is 3.95. The predicted molar refractivity (Wildman–Crippen MR) is 78.9 cm³/mol. The first kappa shape index (κ1) is 16.5. The fraction of sp³-hybridized carbons (Fsp3) is 0.429. The summed E-state index contributed by atoms with van der Waals surface area (Å²) in [7, 11) is 1.29. The standard InChI is InChI=1S/C14H19ClN2O3/c1-4-7-14(2,16)13(19)17-11-8-9(12(18)20-3)5-6-10(11)15/h5-6,8H,4,7,16H2,1-3H3,(H,17,19). The number of benzene rings is 1. The molecule has 20 heavy (non-hydrogen) atoms. The van der Waals surface area contributed by atoms with Crippen LogP contribution in [-0.2, 0) is 9.53 Å². The summed E-state index contributed by atoms with van der Waals surface area (Å²) in [5.74, 6) is -0.843. The van der Waals surface area contributed by atoms with Crippen molar-refractivity contribution in [1.29, 1.82) is 0 Å². The van der Waals surface area contributed by atoms with E-state index in [0.717, 1.165) is 6.42 Å². The number of carbonyl (C=O) groups is 2. The second-order valence-electron chi connectivity index (χ2n) is 4.81. The van der Waals surface area contributed by atoms with Gasteiger partial charge in [-0.05, 0) is 31.5 Å². The number of nitrogens with two attached hydrogens (primary N) is 1. The highest BCUT2D eigenvalue weighted by Gasteiger charge is 2.27. The van der Waals surface area contributed by atoms with Crippen LogP contribution in [0.15, 0.2) is 18.2 Å². The lowest BCUT2D eigenvalue weighted by molar-refractivity contribution is -0.120. The maximum atomic E-state index is 12.1. The second-order valence-corrected chi connectivity index (χ2v) is 5.21. The number of methoxy groups -OCH3 is 1. The first-order valence-electron chi connectivity index (χ1n) is 6.30. The van der Waals surface area contributed by atoms with Crippen LogP contribution in [0.5, 0.6) is 0 Å². The molecule has 6 heteroatoms. The average molecular weight is 299 g/mol. The van der Waals surface area contributed by atoms with E-state index in [-0.39, 0.29) is 5.91 Å². The van der Waals surface area contributed by atoms with Crippen LogP contribution in [0.2, 0.25) is 5.02 Å². The van der Waals surface area contributed by atoms with E-state index < -0.39 is 11.5 Å². The van der Waals surface area contributed by atoms with Gasteiger partial charge in [0.05, 0.1) is 28.9 Å². The lowest BCUT2D eigenvalue weighted by Crippen LogP contribution is -2.48. The van der Waals surface area contributed by atoms with Crippen molar-refractivity contribution in [2.45, 2.75) is 32.2 Å². The minimum absolute atomic E-state index is 0.307. The number of ether oxygens (including phenoxy) is 1. The van der Waals surface area contributed by atoms with Gasteiger partial charge in [-0.25, -0.2) is 4.79 Å². The Balaban J connectivity index is 2.97. The zero-order chi connectivity index (χ0) is 15.3. The quantitative estimate of drug-likeness (QED) is 0.819. The van der Waals surface area contributed by atoms with Crippen LogP contribution in [0.3, 0.4) is 0 Å². The first-order chi connectivity index (χ1) is 9.31. The molecule has 110 valence electrons. The van der Waals surface area contributed by atoms with E-state index in [1.54, 1.807) is 6.92 Å².